The van der Waals surface area contributed by atoms with Gasteiger partial charge >= 0.3 is 5.69 Å². The number of aryl methyl sites for hydroxylation is 2. The van der Waals surface area contributed by atoms with Crippen molar-refractivity contribution in [2.45, 2.75) is 44.7 Å². The number of hydrogen-bond donors (Lipinski definition) is 0. The van der Waals surface area contributed by atoms with Crippen molar-refractivity contribution in [1.29, 1.82) is 0 Å². The molecule has 2 aliphatic rings. The van der Waals surface area contributed by atoms with E-state index >= 15 is 0 Å². The summed E-state index contributed by atoms with van der Waals surface area (Å²) in [5.41, 5.74) is 0.225. The van der Waals surface area contributed by atoms with E-state index in [0.29, 0.717) is 28.7 Å². The largest absolute Gasteiger partial charge is 0.332 e. The zero-order valence-electron chi connectivity index (χ0n) is 15.2. The van der Waals surface area contributed by atoms with Gasteiger partial charge in [-0.05, 0) is 44.6 Å². The third kappa shape index (κ3) is 2.36. The van der Waals surface area contributed by atoms with E-state index < -0.39 is 0 Å². The third-order valence-corrected chi connectivity index (χ3v) is 5.76. The first-order chi connectivity index (χ1) is 11.8. The maximum absolute atomic E-state index is 13.3. The predicted octanol–water partition coefficient (Wildman–Crippen LogP) is 0.979. The van der Waals surface area contributed by atoms with Crippen LogP contribution in [0, 0.1) is 5.92 Å². The number of rotatable bonds is 4. The number of fused-ring (bicyclic) bond motifs is 1. The fourth-order valence-corrected chi connectivity index (χ4v) is 3.92. The topological polar surface area (TPSA) is 69.2 Å². The van der Waals surface area contributed by atoms with Gasteiger partial charge in [0.05, 0.1) is 5.39 Å². The molecule has 2 heterocycles. The molecule has 7 nitrogen and oxygen atoms in total. The fourth-order valence-electron chi connectivity index (χ4n) is 3.92. The van der Waals surface area contributed by atoms with Crippen molar-refractivity contribution < 1.29 is 4.79 Å². The predicted molar refractivity (Wildman–Crippen MR) is 94.8 cm³/mol. The highest BCUT2D eigenvalue weighted by atomic mass is 16.2. The molecule has 0 saturated heterocycles. The van der Waals surface area contributed by atoms with Gasteiger partial charge < -0.3 is 9.47 Å². The molecule has 2 aromatic rings. The van der Waals surface area contributed by atoms with Gasteiger partial charge in [0.15, 0.2) is 0 Å². The molecule has 0 radical (unpaired) electrons. The summed E-state index contributed by atoms with van der Waals surface area (Å²) in [6.45, 7) is 2.13. The van der Waals surface area contributed by atoms with E-state index in [0.717, 1.165) is 17.4 Å². The molecule has 1 amide bonds. The lowest BCUT2D eigenvalue weighted by Gasteiger charge is -2.29. The molecule has 25 heavy (non-hydrogen) atoms. The van der Waals surface area contributed by atoms with Crippen molar-refractivity contribution >= 4 is 16.9 Å². The van der Waals surface area contributed by atoms with Crippen LogP contribution < -0.4 is 11.2 Å². The fraction of sp³-hybridized carbons (Fsp3) is 0.611. The van der Waals surface area contributed by atoms with Gasteiger partial charge in [-0.2, -0.15) is 0 Å². The summed E-state index contributed by atoms with van der Waals surface area (Å²) in [6.07, 6.45) is 4.46. The van der Waals surface area contributed by atoms with E-state index in [2.05, 4.69) is 6.92 Å². The van der Waals surface area contributed by atoms with Crippen molar-refractivity contribution in [3.8, 4) is 0 Å². The summed E-state index contributed by atoms with van der Waals surface area (Å²) in [4.78, 5) is 40.0. The van der Waals surface area contributed by atoms with E-state index in [1.807, 2.05) is 4.90 Å². The summed E-state index contributed by atoms with van der Waals surface area (Å²) in [7, 11) is 4.84. The summed E-state index contributed by atoms with van der Waals surface area (Å²) < 4.78 is 4.21. The van der Waals surface area contributed by atoms with Gasteiger partial charge in [-0.15, -0.1) is 0 Å². The molecule has 2 aromatic heterocycles. The van der Waals surface area contributed by atoms with Gasteiger partial charge in [0, 0.05) is 33.2 Å². The first kappa shape index (κ1) is 16.2. The molecule has 7 heteroatoms. The Hall–Kier alpha value is -2.31. The van der Waals surface area contributed by atoms with Gasteiger partial charge in [-0.3, -0.25) is 18.7 Å². The minimum atomic E-state index is -0.386. The Morgan fingerprint density at radius 2 is 1.72 bits per heavy atom. The molecule has 0 aromatic carbocycles. The highest BCUT2D eigenvalue weighted by molar-refractivity contribution is 5.98. The Labute approximate surface area is 145 Å². The van der Waals surface area contributed by atoms with Gasteiger partial charge in [-0.1, -0.05) is 0 Å². The second-order valence-electron chi connectivity index (χ2n) is 7.55. The standard InChI is InChI=1S/C18H24N4O3/c1-10(11-5-6-11)22(12-7-8-12)17(24)14-9-13-15(19(14)2)20(3)18(25)21(4)16(13)23/h9-12H,5-8H2,1-4H3. The zero-order chi connectivity index (χ0) is 18.0. The molecule has 0 bridgehead atoms. The molecule has 1 atom stereocenters. The summed E-state index contributed by atoms with van der Waals surface area (Å²) in [6, 6.07) is 2.19. The van der Waals surface area contributed by atoms with Gasteiger partial charge in [0.1, 0.15) is 11.3 Å². The van der Waals surface area contributed by atoms with Crippen LogP contribution in [0.4, 0.5) is 0 Å². The number of carbonyl (C=O) groups excluding carboxylic acids is 1. The van der Waals surface area contributed by atoms with E-state index in [4.69, 9.17) is 0 Å². The lowest BCUT2D eigenvalue weighted by Crippen LogP contribution is -2.42. The Balaban J connectivity index is 1.86. The monoisotopic (exact) mass is 344 g/mol. The lowest BCUT2D eigenvalue weighted by atomic mass is 10.1. The lowest BCUT2D eigenvalue weighted by molar-refractivity contribution is 0.0644. The molecule has 134 valence electrons. The van der Waals surface area contributed by atoms with Crippen molar-refractivity contribution in [2.75, 3.05) is 0 Å². The van der Waals surface area contributed by atoms with E-state index in [-0.39, 0.29) is 23.2 Å². The van der Waals surface area contributed by atoms with Crippen LogP contribution in [-0.2, 0) is 21.1 Å². The minimum absolute atomic E-state index is 0.0323. The molecule has 2 saturated carbocycles. The number of carbonyl (C=O) groups is 1. The number of amides is 1. The van der Waals surface area contributed by atoms with Gasteiger partial charge in [0.25, 0.3) is 11.5 Å². The van der Waals surface area contributed by atoms with Gasteiger partial charge in [-0.25, -0.2) is 4.79 Å². The van der Waals surface area contributed by atoms with Crippen molar-refractivity contribution in [1.82, 2.24) is 18.6 Å². The summed E-state index contributed by atoms with van der Waals surface area (Å²) >= 11 is 0. The van der Waals surface area contributed by atoms with Crippen LogP contribution in [0.2, 0.25) is 0 Å². The Morgan fingerprint density at radius 3 is 2.28 bits per heavy atom. The smallest absolute Gasteiger partial charge is 0.331 e. The molecule has 1 unspecified atom stereocenters. The van der Waals surface area contributed by atoms with Gasteiger partial charge in [0.2, 0.25) is 0 Å². The molecule has 0 spiro atoms. The number of nitrogens with zero attached hydrogens (tertiary/aromatic N) is 4. The summed E-state index contributed by atoms with van der Waals surface area (Å²) in [5.74, 6) is 0.562. The molecular formula is C18H24N4O3. The highest BCUT2D eigenvalue weighted by Gasteiger charge is 2.42. The molecule has 0 N–H and O–H groups in total. The minimum Gasteiger partial charge on any atom is -0.331 e. The molecule has 0 aliphatic heterocycles. The number of hydrogen-bond acceptors (Lipinski definition) is 3. The highest BCUT2D eigenvalue weighted by Crippen LogP contribution is 2.40. The Morgan fingerprint density at radius 1 is 1.08 bits per heavy atom. The second kappa shape index (κ2) is 5.34. The maximum Gasteiger partial charge on any atom is 0.332 e. The molecule has 2 fully saturated rings. The van der Waals surface area contributed by atoms with Crippen molar-refractivity contribution in [2.24, 2.45) is 27.1 Å². The molecular weight excluding hydrogens is 320 g/mol. The van der Waals surface area contributed by atoms with Crippen LogP contribution in [0.1, 0.15) is 43.1 Å². The van der Waals surface area contributed by atoms with Crippen LogP contribution >= 0.6 is 0 Å². The van der Waals surface area contributed by atoms with Crippen molar-refractivity contribution in [3.05, 3.63) is 32.6 Å². The van der Waals surface area contributed by atoms with Crippen LogP contribution in [0.15, 0.2) is 15.7 Å². The molecule has 4 rings (SSSR count). The van der Waals surface area contributed by atoms with E-state index in [9.17, 15) is 14.4 Å². The van der Waals surface area contributed by atoms with Crippen molar-refractivity contribution in [3.63, 3.8) is 0 Å². The quantitative estimate of drug-likeness (QED) is 0.830. The van der Waals surface area contributed by atoms with E-state index in [1.165, 1.54) is 24.5 Å². The Bertz CT molecular complexity index is 988. The molecule has 2 aliphatic carbocycles. The normalized spacial score (nSPS) is 18.6. The number of aromatic nitrogens is 3. The average Bonchev–Trinajstić information content (AvgIpc) is 3.48. The van der Waals surface area contributed by atoms with Crippen LogP contribution in [-0.4, -0.2) is 36.6 Å². The van der Waals surface area contributed by atoms with E-state index in [1.54, 1.807) is 24.7 Å². The second-order valence-corrected chi connectivity index (χ2v) is 7.55. The van der Waals surface area contributed by atoms with Crippen LogP contribution in [0.5, 0.6) is 0 Å². The SMILES string of the molecule is CC(C1CC1)N(C(=O)c1cc2c(=O)n(C)c(=O)n(C)c2n1C)C1CC1. The first-order valence-electron chi connectivity index (χ1n) is 8.91. The average molecular weight is 344 g/mol. The maximum atomic E-state index is 13.3. The van der Waals surface area contributed by atoms with Crippen LogP contribution in [0.3, 0.4) is 0 Å². The van der Waals surface area contributed by atoms with Crippen LogP contribution in [0.25, 0.3) is 11.0 Å². The first-order valence-corrected chi connectivity index (χ1v) is 8.91. The summed E-state index contributed by atoms with van der Waals surface area (Å²) in [5, 5.41) is 0.408. The Kier molecular flexibility index (Phi) is 3.46. The zero-order valence-corrected chi connectivity index (χ0v) is 15.2. The third-order valence-electron chi connectivity index (χ3n) is 5.76.